The van der Waals surface area contributed by atoms with Crippen LogP contribution in [0.5, 0.6) is 0 Å². The summed E-state index contributed by atoms with van der Waals surface area (Å²) in [6.45, 7) is 2.01. The van der Waals surface area contributed by atoms with Crippen LogP contribution in [-0.4, -0.2) is 64.8 Å². The second kappa shape index (κ2) is 6.88. The SMILES string of the molecule is CCn1cc(Cc2cn([C@@H]3O[C@H](CO)C(O)C3O)c(=O)[nH]c2=O)nn1. The first kappa shape index (κ1) is 17.5. The number of hydrogen-bond acceptors (Lipinski definition) is 8. The van der Waals surface area contributed by atoms with Crippen molar-refractivity contribution >= 4 is 0 Å². The van der Waals surface area contributed by atoms with Crippen molar-refractivity contribution in [3.8, 4) is 0 Å². The van der Waals surface area contributed by atoms with Crippen molar-refractivity contribution in [2.75, 3.05) is 6.61 Å². The molecule has 1 aliphatic rings. The lowest BCUT2D eigenvalue weighted by atomic mass is 10.1. The minimum atomic E-state index is -1.42. The van der Waals surface area contributed by atoms with E-state index in [9.17, 15) is 19.8 Å². The molecule has 11 nitrogen and oxygen atoms in total. The molecule has 0 aliphatic carbocycles. The first-order valence-corrected chi connectivity index (χ1v) is 7.80. The largest absolute Gasteiger partial charge is 0.394 e. The van der Waals surface area contributed by atoms with Gasteiger partial charge in [0.05, 0.1) is 12.3 Å². The van der Waals surface area contributed by atoms with E-state index in [2.05, 4.69) is 15.3 Å². The van der Waals surface area contributed by atoms with Crippen LogP contribution in [0.1, 0.15) is 24.4 Å². The van der Waals surface area contributed by atoms with E-state index in [0.29, 0.717) is 12.2 Å². The number of hydrogen-bond donors (Lipinski definition) is 4. The number of ether oxygens (including phenoxy) is 1. The fourth-order valence-electron chi connectivity index (χ4n) is 2.72. The smallest absolute Gasteiger partial charge is 0.330 e. The topological polar surface area (TPSA) is 155 Å². The van der Waals surface area contributed by atoms with E-state index in [1.54, 1.807) is 10.9 Å². The van der Waals surface area contributed by atoms with Gasteiger partial charge in [-0.15, -0.1) is 5.10 Å². The average molecular weight is 353 g/mol. The van der Waals surface area contributed by atoms with Gasteiger partial charge in [-0.05, 0) is 6.92 Å². The zero-order chi connectivity index (χ0) is 18.1. The molecule has 4 N–H and O–H groups in total. The number of H-pyrrole nitrogens is 1. The Morgan fingerprint density at radius 1 is 1.28 bits per heavy atom. The molecule has 0 aromatic carbocycles. The predicted molar refractivity (Wildman–Crippen MR) is 82.8 cm³/mol. The minimum absolute atomic E-state index is 0.129. The monoisotopic (exact) mass is 353 g/mol. The first-order valence-electron chi connectivity index (χ1n) is 7.80. The van der Waals surface area contributed by atoms with Gasteiger partial charge in [-0.3, -0.25) is 19.0 Å². The number of aryl methyl sites for hydroxylation is 1. The molecule has 2 unspecified atom stereocenters. The Morgan fingerprint density at radius 3 is 2.64 bits per heavy atom. The Labute approximate surface area is 141 Å². The minimum Gasteiger partial charge on any atom is -0.394 e. The standard InChI is InChI=1S/C14H19N5O6/c1-2-18-5-8(16-17-18)3-7-4-19(14(24)15-12(7)23)13-11(22)10(21)9(6-20)25-13/h4-5,9-11,13,20-22H,2-3,6H2,1H3,(H,15,23,24)/t9-,10?,11?,13-/m1/s1. The summed E-state index contributed by atoms with van der Waals surface area (Å²) in [5.74, 6) is 0. The van der Waals surface area contributed by atoms with Crippen LogP contribution in [0.4, 0.5) is 0 Å². The van der Waals surface area contributed by atoms with E-state index in [1.807, 2.05) is 6.92 Å². The van der Waals surface area contributed by atoms with Crippen LogP contribution >= 0.6 is 0 Å². The van der Waals surface area contributed by atoms with Crippen LogP contribution in [0, 0.1) is 0 Å². The third-order valence-electron chi connectivity index (χ3n) is 4.11. The molecule has 1 saturated heterocycles. The molecule has 2 aromatic heterocycles. The zero-order valence-corrected chi connectivity index (χ0v) is 13.4. The van der Waals surface area contributed by atoms with E-state index in [4.69, 9.17) is 9.84 Å². The lowest BCUT2D eigenvalue weighted by Gasteiger charge is -2.17. The molecule has 2 aromatic rings. The maximum atomic E-state index is 12.1. The van der Waals surface area contributed by atoms with Crippen molar-refractivity contribution in [2.24, 2.45) is 0 Å². The summed E-state index contributed by atoms with van der Waals surface area (Å²) in [6.07, 6.45) is -1.94. The van der Waals surface area contributed by atoms with Crippen LogP contribution in [0.15, 0.2) is 22.0 Å². The number of aromatic nitrogens is 5. The number of aliphatic hydroxyl groups is 3. The Bertz CT molecular complexity index is 858. The van der Waals surface area contributed by atoms with Gasteiger partial charge < -0.3 is 20.1 Å². The first-order chi connectivity index (χ1) is 11.9. The molecule has 3 heterocycles. The van der Waals surface area contributed by atoms with Gasteiger partial charge >= 0.3 is 5.69 Å². The van der Waals surface area contributed by atoms with Crippen molar-refractivity contribution in [2.45, 2.75) is 44.4 Å². The van der Waals surface area contributed by atoms with Crippen LogP contribution in [0.25, 0.3) is 0 Å². The molecule has 4 atom stereocenters. The summed E-state index contributed by atoms with van der Waals surface area (Å²) in [7, 11) is 0. The molecule has 0 bridgehead atoms. The summed E-state index contributed by atoms with van der Waals surface area (Å²) in [5.41, 5.74) is -0.612. The third-order valence-corrected chi connectivity index (χ3v) is 4.11. The van der Waals surface area contributed by atoms with Crippen molar-refractivity contribution in [3.63, 3.8) is 0 Å². The van der Waals surface area contributed by atoms with E-state index in [-0.39, 0.29) is 12.0 Å². The van der Waals surface area contributed by atoms with Gasteiger partial charge in [0.15, 0.2) is 6.23 Å². The van der Waals surface area contributed by atoms with Gasteiger partial charge in [-0.2, -0.15) is 0 Å². The highest BCUT2D eigenvalue weighted by Gasteiger charge is 2.43. The molecule has 0 spiro atoms. The molecule has 0 amide bonds. The lowest BCUT2D eigenvalue weighted by molar-refractivity contribution is -0.0551. The summed E-state index contributed by atoms with van der Waals surface area (Å²) in [5, 5.41) is 36.9. The predicted octanol–water partition coefficient (Wildman–Crippen LogP) is -2.65. The van der Waals surface area contributed by atoms with Crippen molar-refractivity contribution in [1.82, 2.24) is 24.5 Å². The van der Waals surface area contributed by atoms with E-state index < -0.39 is 42.4 Å². The van der Waals surface area contributed by atoms with Crippen molar-refractivity contribution < 1.29 is 20.1 Å². The van der Waals surface area contributed by atoms with E-state index >= 15 is 0 Å². The molecule has 0 radical (unpaired) electrons. The summed E-state index contributed by atoms with van der Waals surface area (Å²) in [4.78, 5) is 26.3. The third kappa shape index (κ3) is 3.26. The number of aromatic amines is 1. The van der Waals surface area contributed by atoms with Crippen LogP contribution < -0.4 is 11.2 Å². The van der Waals surface area contributed by atoms with E-state index in [0.717, 1.165) is 4.57 Å². The highest BCUT2D eigenvalue weighted by atomic mass is 16.6. The van der Waals surface area contributed by atoms with Gasteiger partial charge in [0.1, 0.15) is 18.3 Å². The van der Waals surface area contributed by atoms with Gasteiger partial charge in [0.2, 0.25) is 0 Å². The highest BCUT2D eigenvalue weighted by Crippen LogP contribution is 2.28. The fraction of sp³-hybridized carbons (Fsp3) is 0.571. The maximum absolute atomic E-state index is 12.1. The van der Waals surface area contributed by atoms with Crippen LogP contribution in [0.3, 0.4) is 0 Å². The van der Waals surface area contributed by atoms with Crippen molar-refractivity contribution in [3.05, 3.63) is 44.5 Å². The van der Waals surface area contributed by atoms with Gasteiger partial charge in [0, 0.05) is 30.9 Å². The quantitative estimate of drug-likeness (QED) is 0.454. The highest BCUT2D eigenvalue weighted by molar-refractivity contribution is 5.14. The van der Waals surface area contributed by atoms with Gasteiger partial charge in [-0.25, -0.2) is 4.79 Å². The summed E-state index contributed by atoms with van der Waals surface area (Å²) in [6, 6.07) is 0. The fourth-order valence-corrected chi connectivity index (χ4v) is 2.72. The lowest BCUT2D eigenvalue weighted by Crippen LogP contribution is -2.39. The molecule has 3 rings (SSSR count). The number of rotatable bonds is 5. The van der Waals surface area contributed by atoms with Crippen molar-refractivity contribution in [1.29, 1.82) is 0 Å². The molecule has 25 heavy (non-hydrogen) atoms. The summed E-state index contributed by atoms with van der Waals surface area (Å²) < 4.78 is 7.92. The normalized spacial score (nSPS) is 26.2. The zero-order valence-electron chi connectivity index (χ0n) is 13.4. The Hall–Kier alpha value is -2.34. The second-order valence-electron chi connectivity index (χ2n) is 5.79. The molecular formula is C14H19N5O6. The molecule has 136 valence electrons. The molecule has 11 heteroatoms. The molecular weight excluding hydrogens is 334 g/mol. The molecule has 1 aliphatic heterocycles. The van der Waals surface area contributed by atoms with Crippen LogP contribution in [0.2, 0.25) is 0 Å². The van der Waals surface area contributed by atoms with Gasteiger partial charge in [0.25, 0.3) is 5.56 Å². The molecule has 1 fully saturated rings. The summed E-state index contributed by atoms with van der Waals surface area (Å²) >= 11 is 0. The average Bonchev–Trinajstić information content (AvgIpc) is 3.16. The van der Waals surface area contributed by atoms with Crippen LogP contribution in [-0.2, 0) is 17.7 Å². The second-order valence-corrected chi connectivity index (χ2v) is 5.79. The Balaban J connectivity index is 1.93. The Morgan fingerprint density at radius 2 is 2.04 bits per heavy atom. The van der Waals surface area contributed by atoms with E-state index in [1.165, 1.54) is 6.20 Å². The number of aliphatic hydroxyl groups excluding tert-OH is 3. The molecule has 0 saturated carbocycles. The van der Waals surface area contributed by atoms with Gasteiger partial charge in [-0.1, -0.05) is 5.21 Å². The Kier molecular flexibility index (Phi) is 4.81. The number of nitrogens with zero attached hydrogens (tertiary/aromatic N) is 4. The maximum Gasteiger partial charge on any atom is 0.330 e. The number of nitrogens with one attached hydrogen (secondary N) is 1.